The second-order valence-corrected chi connectivity index (χ2v) is 6.01. The fraction of sp³-hybridized carbons (Fsp3) is 0.350. The summed E-state index contributed by atoms with van der Waals surface area (Å²) < 4.78 is 13.8. The monoisotopic (exact) mass is 471 g/mol. The molecule has 26 heavy (non-hydrogen) atoms. The van der Waals surface area contributed by atoms with Gasteiger partial charge in [-0.3, -0.25) is 4.99 Å². The number of aryl methyl sites for hydroxylation is 1. The zero-order valence-electron chi connectivity index (χ0n) is 15.4. The normalized spacial score (nSPS) is 12.3. The molecule has 0 heterocycles. The van der Waals surface area contributed by atoms with Crippen LogP contribution in [0.5, 0.6) is 0 Å². The first kappa shape index (κ1) is 22.4. The lowest BCUT2D eigenvalue weighted by Gasteiger charge is -2.23. The number of rotatable bonds is 6. The van der Waals surface area contributed by atoms with Crippen LogP contribution in [0.1, 0.15) is 29.7 Å². The van der Waals surface area contributed by atoms with Gasteiger partial charge in [0.25, 0.3) is 0 Å². The summed E-state index contributed by atoms with van der Waals surface area (Å²) in [5, 5.41) is 13.5. The first-order chi connectivity index (χ1) is 12.0. The van der Waals surface area contributed by atoms with Gasteiger partial charge in [-0.15, -0.1) is 24.0 Å². The van der Waals surface area contributed by atoms with E-state index in [1.807, 2.05) is 31.0 Å². The highest BCUT2D eigenvalue weighted by Gasteiger charge is 2.13. The van der Waals surface area contributed by atoms with Crippen molar-refractivity contribution in [2.75, 3.05) is 20.1 Å². The Hall–Kier alpha value is -1.67. The fourth-order valence-corrected chi connectivity index (χ4v) is 2.60. The standard InChI is InChI=1S/C20H26FN3O.HI/c1-4-22-20(24(3)14-16-10-6-5-9-15(16)2)23-13-19(25)17-11-7-8-12-18(17)21;/h5-12,19,25H,4,13-14H2,1-3H3,(H,22,23);1H. The van der Waals surface area contributed by atoms with Gasteiger partial charge in [0.1, 0.15) is 11.9 Å². The van der Waals surface area contributed by atoms with Gasteiger partial charge in [0.05, 0.1) is 6.54 Å². The summed E-state index contributed by atoms with van der Waals surface area (Å²) in [6.07, 6.45) is -0.971. The highest BCUT2D eigenvalue weighted by Crippen LogP contribution is 2.17. The van der Waals surface area contributed by atoms with Crippen LogP contribution in [0.15, 0.2) is 53.5 Å². The molecule has 0 aliphatic heterocycles. The van der Waals surface area contributed by atoms with E-state index in [0.29, 0.717) is 19.0 Å². The van der Waals surface area contributed by atoms with E-state index >= 15 is 0 Å². The van der Waals surface area contributed by atoms with E-state index in [9.17, 15) is 9.50 Å². The molecule has 2 rings (SSSR count). The van der Waals surface area contributed by atoms with E-state index in [0.717, 1.165) is 0 Å². The van der Waals surface area contributed by atoms with Crippen molar-refractivity contribution >= 4 is 29.9 Å². The van der Waals surface area contributed by atoms with Crippen LogP contribution in [0.25, 0.3) is 0 Å². The largest absolute Gasteiger partial charge is 0.386 e. The predicted molar refractivity (Wildman–Crippen MR) is 115 cm³/mol. The van der Waals surface area contributed by atoms with Crippen molar-refractivity contribution in [1.82, 2.24) is 10.2 Å². The van der Waals surface area contributed by atoms with Gasteiger partial charge in [-0.05, 0) is 31.0 Å². The van der Waals surface area contributed by atoms with Crippen molar-refractivity contribution in [3.63, 3.8) is 0 Å². The van der Waals surface area contributed by atoms with Gasteiger partial charge in [0.2, 0.25) is 0 Å². The average molecular weight is 471 g/mol. The number of aliphatic imine (C=N–C) groups is 1. The number of hydrogen-bond acceptors (Lipinski definition) is 2. The van der Waals surface area contributed by atoms with Gasteiger partial charge in [0, 0.05) is 25.7 Å². The van der Waals surface area contributed by atoms with Gasteiger partial charge in [-0.25, -0.2) is 4.39 Å². The third-order valence-electron chi connectivity index (χ3n) is 4.04. The summed E-state index contributed by atoms with van der Waals surface area (Å²) in [6.45, 7) is 5.59. The van der Waals surface area contributed by atoms with Crippen LogP contribution < -0.4 is 5.32 Å². The summed E-state index contributed by atoms with van der Waals surface area (Å²) in [6, 6.07) is 14.4. The SMILES string of the molecule is CCNC(=NCC(O)c1ccccc1F)N(C)Cc1ccccc1C.I. The molecule has 0 aliphatic carbocycles. The average Bonchev–Trinajstić information content (AvgIpc) is 2.60. The Labute approximate surface area is 172 Å². The number of nitrogens with one attached hydrogen (secondary N) is 1. The Kier molecular flexibility index (Phi) is 9.58. The minimum absolute atomic E-state index is 0. The second kappa shape index (κ2) is 11.1. The summed E-state index contributed by atoms with van der Waals surface area (Å²) in [4.78, 5) is 6.47. The summed E-state index contributed by atoms with van der Waals surface area (Å²) in [5.41, 5.74) is 2.70. The van der Waals surface area contributed by atoms with Crippen LogP contribution in [-0.2, 0) is 6.54 Å². The molecular weight excluding hydrogens is 444 g/mol. The first-order valence-electron chi connectivity index (χ1n) is 8.49. The van der Waals surface area contributed by atoms with E-state index in [4.69, 9.17) is 0 Å². The maximum absolute atomic E-state index is 13.8. The maximum Gasteiger partial charge on any atom is 0.194 e. The van der Waals surface area contributed by atoms with E-state index in [1.54, 1.807) is 18.2 Å². The molecule has 0 aliphatic rings. The smallest absolute Gasteiger partial charge is 0.194 e. The number of guanidine groups is 1. The molecule has 2 aromatic rings. The Morgan fingerprint density at radius 2 is 1.85 bits per heavy atom. The number of nitrogens with zero attached hydrogens (tertiary/aromatic N) is 2. The van der Waals surface area contributed by atoms with E-state index in [-0.39, 0.29) is 36.1 Å². The molecule has 0 fully saturated rings. The van der Waals surface area contributed by atoms with Crippen molar-refractivity contribution in [2.45, 2.75) is 26.5 Å². The molecule has 0 radical (unpaired) electrons. The molecule has 1 atom stereocenters. The van der Waals surface area contributed by atoms with Crippen LogP contribution in [0, 0.1) is 12.7 Å². The first-order valence-corrected chi connectivity index (χ1v) is 8.49. The molecule has 142 valence electrons. The van der Waals surface area contributed by atoms with Crippen molar-refractivity contribution in [3.8, 4) is 0 Å². The zero-order chi connectivity index (χ0) is 18.2. The molecular formula is C20H27FIN3O. The number of halogens is 2. The zero-order valence-corrected chi connectivity index (χ0v) is 17.8. The van der Waals surface area contributed by atoms with Gasteiger partial charge < -0.3 is 15.3 Å². The van der Waals surface area contributed by atoms with Crippen LogP contribution in [0.2, 0.25) is 0 Å². The molecule has 0 aromatic heterocycles. The molecule has 2 aromatic carbocycles. The van der Waals surface area contributed by atoms with E-state index in [1.165, 1.54) is 17.2 Å². The van der Waals surface area contributed by atoms with E-state index in [2.05, 4.69) is 29.4 Å². The molecule has 6 heteroatoms. The molecule has 1 unspecified atom stereocenters. The lowest BCUT2D eigenvalue weighted by atomic mass is 10.1. The molecule has 0 bridgehead atoms. The summed E-state index contributed by atoms with van der Waals surface area (Å²) in [5.74, 6) is 0.268. The number of aliphatic hydroxyl groups excluding tert-OH is 1. The van der Waals surface area contributed by atoms with Gasteiger partial charge in [-0.1, -0.05) is 42.5 Å². The van der Waals surface area contributed by atoms with Crippen LogP contribution in [0.3, 0.4) is 0 Å². The predicted octanol–water partition coefficient (Wildman–Crippen LogP) is 3.88. The lowest BCUT2D eigenvalue weighted by Crippen LogP contribution is -2.39. The van der Waals surface area contributed by atoms with E-state index < -0.39 is 11.9 Å². The van der Waals surface area contributed by atoms with Gasteiger partial charge in [0.15, 0.2) is 5.96 Å². The van der Waals surface area contributed by atoms with Crippen LogP contribution in [0.4, 0.5) is 4.39 Å². The molecule has 0 saturated carbocycles. The van der Waals surface area contributed by atoms with Crippen molar-refractivity contribution < 1.29 is 9.50 Å². The van der Waals surface area contributed by atoms with Gasteiger partial charge in [-0.2, -0.15) is 0 Å². The van der Waals surface area contributed by atoms with Crippen LogP contribution in [-0.4, -0.2) is 36.1 Å². The summed E-state index contributed by atoms with van der Waals surface area (Å²) >= 11 is 0. The highest BCUT2D eigenvalue weighted by molar-refractivity contribution is 14.0. The molecule has 2 N–H and O–H groups in total. The van der Waals surface area contributed by atoms with Crippen LogP contribution >= 0.6 is 24.0 Å². The number of aliphatic hydroxyl groups is 1. The second-order valence-electron chi connectivity index (χ2n) is 6.01. The Bertz CT molecular complexity index is 724. The molecule has 0 spiro atoms. The third kappa shape index (κ3) is 6.25. The third-order valence-corrected chi connectivity index (χ3v) is 4.04. The quantitative estimate of drug-likeness (QED) is 0.382. The lowest BCUT2D eigenvalue weighted by molar-refractivity contribution is 0.181. The van der Waals surface area contributed by atoms with Crippen molar-refractivity contribution in [1.29, 1.82) is 0 Å². The van der Waals surface area contributed by atoms with Crippen molar-refractivity contribution in [2.24, 2.45) is 4.99 Å². The minimum Gasteiger partial charge on any atom is -0.386 e. The molecule has 4 nitrogen and oxygen atoms in total. The maximum atomic E-state index is 13.8. The topological polar surface area (TPSA) is 47.9 Å². The highest BCUT2D eigenvalue weighted by atomic mass is 127. The van der Waals surface area contributed by atoms with Gasteiger partial charge >= 0.3 is 0 Å². The Morgan fingerprint density at radius 1 is 1.19 bits per heavy atom. The minimum atomic E-state index is -0.971. The Balaban J connectivity index is 0.00000338. The molecule has 0 saturated heterocycles. The number of hydrogen-bond donors (Lipinski definition) is 2. The summed E-state index contributed by atoms with van der Waals surface area (Å²) in [7, 11) is 1.95. The fourth-order valence-electron chi connectivity index (χ4n) is 2.60. The molecule has 0 amide bonds. The Morgan fingerprint density at radius 3 is 2.50 bits per heavy atom. The number of benzene rings is 2. The van der Waals surface area contributed by atoms with Crippen molar-refractivity contribution in [3.05, 3.63) is 71.0 Å².